The first-order valence-electron chi connectivity index (χ1n) is 5.00. The van der Waals surface area contributed by atoms with E-state index in [1.54, 1.807) is 0 Å². The second-order valence-corrected chi connectivity index (χ2v) is 6.02. The van der Waals surface area contributed by atoms with Crippen LogP contribution in [-0.4, -0.2) is 17.7 Å². The number of carboxylic acid groups (broad SMARTS) is 1. The van der Waals surface area contributed by atoms with Crippen molar-refractivity contribution in [2.75, 3.05) is 6.61 Å². The summed E-state index contributed by atoms with van der Waals surface area (Å²) in [6.45, 7) is 0.506. The molecule has 1 aromatic rings. The van der Waals surface area contributed by atoms with Gasteiger partial charge in [0.05, 0.1) is 15.6 Å². The summed E-state index contributed by atoms with van der Waals surface area (Å²) in [7, 11) is 0. The van der Waals surface area contributed by atoms with Gasteiger partial charge in [0.25, 0.3) is 0 Å². The molecule has 0 saturated carbocycles. The fraction of sp³-hybridized carbons (Fsp3) is 0.364. The third kappa shape index (κ3) is 5.40. The summed E-state index contributed by atoms with van der Waals surface area (Å²) in [5, 5.41) is 8.49. The predicted molar refractivity (Wildman–Crippen MR) is 76.5 cm³/mol. The first kappa shape index (κ1) is 15.0. The number of rotatable bonds is 6. The number of aliphatic carboxylic acids is 1. The highest BCUT2D eigenvalue weighted by Gasteiger charge is 2.08. The largest absolute Gasteiger partial charge is 0.491 e. The molecule has 0 aliphatic heterocycles. The molecule has 0 spiro atoms. The summed E-state index contributed by atoms with van der Waals surface area (Å²) >= 11 is 10.2. The molecule has 17 heavy (non-hydrogen) atoms. The average molecular weight is 431 g/mol. The van der Waals surface area contributed by atoms with Crippen molar-refractivity contribution in [2.45, 2.75) is 19.3 Å². The van der Waals surface area contributed by atoms with Crippen molar-refractivity contribution in [3.63, 3.8) is 0 Å². The fourth-order valence-corrected chi connectivity index (χ4v) is 3.71. The van der Waals surface area contributed by atoms with Gasteiger partial charge in [-0.25, -0.2) is 0 Å². The molecule has 1 N–H and O–H groups in total. The van der Waals surface area contributed by atoms with Gasteiger partial charge in [0.15, 0.2) is 0 Å². The Kier molecular flexibility index (Phi) is 6.51. The van der Waals surface area contributed by atoms with E-state index in [4.69, 9.17) is 9.84 Å². The van der Waals surface area contributed by atoms with Crippen LogP contribution in [0.1, 0.15) is 19.3 Å². The lowest BCUT2D eigenvalue weighted by Gasteiger charge is -2.10. The van der Waals surface area contributed by atoms with E-state index in [0.29, 0.717) is 13.0 Å². The van der Waals surface area contributed by atoms with Crippen LogP contribution in [0.25, 0.3) is 0 Å². The van der Waals surface area contributed by atoms with Gasteiger partial charge in [-0.15, -0.1) is 0 Å². The SMILES string of the molecule is O=C(O)CCCCOc1c(Br)cc(Br)cc1Br. The van der Waals surface area contributed by atoms with E-state index in [0.717, 1.165) is 25.6 Å². The summed E-state index contributed by atoms with van der Waals surface area (Å²) in [5.74, 6) is -0.0282. The van der Waals surface area contributed by atoms with Crippen LogP contribution in [-0.2, 0) is 4.79 Å². The minimum absolute atomic E-state index is 0.187. The number of hydrogen-bond donors (Lipinski definition) is 1. The van der Waals surface area contributed by atoms with E-state index in [9.17, 15) is 4.79 Å². The fourth-order valence-electron chi connectivity index (χ4n) is 1.22. The van der Waals surface area contributed by atoms with E-state index in [-0.39, 0.29) is 6.42 Å². The summed E-state index contributed by atoms with van der Waals surface area (Å²) in [6.07, 6.45) is 1.54. The normalized spacial score (nSPS) is 10.3. The Hall–Kier alpha value is -0.0700. The van der Waals surface area contributed by atoms with Crippen LogP contribution in [0.4, 0.5) is 0 Å². The average Bonchev–Trinajstić information content (AvgIpc) is 2.20. The smallest absolute Gasteiger partial charge is 0.303 e. The molecule has 0 aromatic heterocycles. The summed E-state index contributed by atoms with van der Waals surface area (Å²) in [6, 6.07) is 3.80. The standard InChI is InChI=1S/C11H11Br3O3/c12-7-5-8(13)11(9(14)6-7)17-4-2-1-3-10(15)16/h5-6H,1-4H2,(H,15,16). The lowest BCUT2D eigenvalue weighted by atomic mass is 10.2. The highest BCUT2D eigenvalue weighted by molar-refractivity contribution is 9.11. The minimum Gasteiger partial charge on any atom is -0.491 e. The van der Waals surface area contributed by atoms with Crippen LogP contribution in [0.15, 0.2) is 25.6 Å². The van der Waals surface area contributed by atoms with Crippen LogP contribution in [0.2, 0.25) is 0 Å². The Labute approximate surface area is 125 Å². The van der Waals surface area contributed by atoms with Gasteiger partial charge in [-0.2, -0.15) is 0 Å². The molecular formula is C11H11Br3O3. The van der Waals surface area contributed by atoms with Gasteiger partial charge in [0.1, 0.15) is 5.75 Å². The maximum atomic E-state index is 10.3. The predicted octanol–water partition coefficient (Wildman–Crippen LogP) is 4.61. The van der Waals surface area contributed by atoms with Crippen LogP contribution in [0, 0.1) is 0 Å². The molecular weight excluding hydrogens is 420 g/mol. The molecule has 0 amide bonds. The number of halogens is 3. The van der Waals surface area contributed by atoms with Gasteiger partial charge >= 0.3 is 5.97 Å². The number of unbranched alkanes of at least 4 members (excludes halogenated alkanes) is 1. The molecule has 0 unspecified atom stereocenters. The lowest BCUT2D eigenvalue weighted by molar-refractivity contribution is -0.137. The molecule has 1 aromatic carbocycles. The van der Waals surface area contributed by atoms with Crippen molar-refractivity contribution in [1.82, 2.24) is 0 Å². The molecule has 0 aliphatic rings. The molecule has 6 heteroatoms. The molecule has 0 fully saturated rings. The van der Waals surface area contributed by atoms with Gasteiger partial charge in [0.2, 0.25) is 0 Å². The molecule has 1 rings (SSSR count). The molecule has 0 aliphatic carbocycles. The van der Waals surface area contributed by atoms with Gasteiger partial charge < -0.3 is 9.84 Å². The Bertz CT molecular complexity index is 384. The highest BCUT2D eigenvalue weighted by atomic mass is 79.9. The summed E-state index contributed by atoms with van der Waals surface area (Å²) < 4.78 is 8.27. The third-order valence-corrected chi connectivity index (χ3v) is 3.63. The monoisotopic (exact) mass is 428 g/mol. The zero-order valence-corrected chi connectivity index (χ0v) is 13.6. The Morgan fingerprint density at radius 2 is 1.76 bits per heavy atom. The Balaban J connectivity index is 2.44. The molecule has 0 bridgehead atoms. The lowest BCUT2D eigenvalue weighted by Crippen LogP contribution is -2.01. The van der Waals surface area contributed by atoms with Gasteiger partial charge in [-0.3, -0.25) is 4.79 Å². The summed E-state index contributed by atoms with van der Waals surface area (Å²) in [4.78, 5) is 10.3. The molecule has 0 radical (unpaired) electrons. The van der Waals surface area contributed by atoms with Crippen LogP contribution >= 0.6 is 47.8 Å². The van der Waals surface area contributed by atoms with Crippen LogP contribution in [0.3, 0.4) is 0 Å². The molecule has 0 atom stereocenters. The maximum Gasteiger partial charge on any atom is 0.303 e. The van der Waals surface area contributed by atoms with E-state index in [2.05, 4.69) is 47.8 Å². The third-order valence-electron chi connectivity index (χ3n) is 1.99. The number of benzene rings is 1. The Morgan fingerprint density at radius 1 is 1.18 bits per heavy atom. The highest BCUT2D eigenvalue weighted by Crippen LogP contribution is 2.36. The molecule has 3 nitrogen and oxygen atoms in total. The van der Waals surface area contributed by atoms with Crippen molar-refractivity contribution >= 4 is 53.8 Å². The first-order chi connectivity index (χ1) is 8.00. The maximum absolute atomic E-state index is 10.3. The topological polar surface area (TPSA) is 46.5 Å². The number of hydrogen-bond acceptors (Lipinski definition) is 2. The van der Waals surface area contributed by atoms with Crippen molar-refractivity contribution in [2.24, 2.45) is 0 Å². The zero-order valence-electron chi connectivity index (χ0n) is 8.88. The van der Waals surface area contributed by atoms with Crippen molar-refractivity contribution in [3.8, 4) is 5.75 Å². The van der Waals surface area contributed by atoms with E-state index in [1.165, 1.54) is 0 Å². The van der Waals surface area contributed by atoms with E-state index >= 15 is 0 Å². The molecule has 0 heterocycles. The minimum atomic E-state index is -0.768. The molecule has 0 saturated heterocycles. The van der Waals surface area contributed by atoms with Gasteiger partial charge in [0, 0.05) is 10.9 Å². The number of carbonyl (C=O) groups is 1. The van der Waals surface area contributed by atoms with Gasteiger partial charge in [-0.05, 0) is 56.8 Å². The first-order valence-corrected chi connectivity index (χ1v) is 7.37. The second-order valence-electron chi connectivity index (χ2n) is 3.40. The van der Waals surface area contributed by atoms with Crippen molar-refractivity contribution in [3.05, 3.63) is 25.6 Å². The number of ether oxygens (including phenoxy) is 1. The van der Waals surface area contributed by atoms with Gasteiger partial charge in [-0.1, -0.05) is 15.9 Å². The van der Waals surface area contributed by atoms with Crippen molar-refractivity contribution in [1.29, 1.82) is 0 Å². The number of carboxylic acids is 1. The van der Waals surface area contributed by atoms with Crippen LogP contribution < -0.4 is 4.74 Å². The summed E-state index contributed by atoms with van der Waals surface area (Å²) in [5.41, 5.74) is 0. The quantitative estimate of drug-likeness (QED) is 0.670. The Morgan fingerprint density at radius 3 is 2.29 bits per heavy atom. The zero-order chi connectivity index (χ0) is 12.8. The second kappa shape index (κ2) is 7.38. The van der Waals surface area contributed by atoms with Crippen molar-refractivity contribution < 1.29 is 14.6 Å². The molecule has 94 valence electrons. The van der Waals surface area contributed by atoms with Crippen LogP contribution in [0.5, 0.6) is 5.75 Å². The van der Waals surface area contributed by atoms with E-state index in [1.807, 2.05) is 12.1 Å². The van der Waals surface area contributed by atoms with E-state index < -0.39 is 5.97 Å².